The largest absolute Gasteiger partial charge is 0.305 e. The molecule has 0 saturated heterocycles. The highest BCUT2D eigenvalue weighted by atomic mass is 79.9. The van der Waals surface area contributed by atoms with Crippen molar-refractivity contribution in [2.75, 3.05) is 4.90 Å². The van der Waals surface area contributed by atoms with Crippen molar-refractivity contribution >= 4 is 27.5 Å². The molecule has 1 aromatic carbocycles. The van der Waals surface area contributed by atoms with Crippen LogP contribution in [-0.4, -0.2) is 16.9 Å². The Kier molecular flexibility index (Phi) is 3.11. The Morgan fingerprint density at radius 2 is 2.16 bits per heavy atom. The van der Waals surface area contributed by atoms with Gasteiger partial charge in [-0.25, -0.2) is 0 Å². The summed E-state index contributed by atoms with van der Waals surface area (Å²) in [6.07, 6.45) is 4.20. The molecular formula is C15H13BrN2O. The molecule has 0 unspecified atom stereocenters. The molecule has 2 aromatic rings. The van der Waals surface area contributed by atoms with E-state index in [4.69, 9.17) is 0 Å². The van der Waals surface area contributed by atoms with Crippen molar-refractivity contribution in [1.82, 2.24) is 4.98 Å². The molecule has 1 atom stereocenters. The maximum Gasteiger partial charge on any atom is 0.260 e. The van der Waals surface area contributed by atoms with Crippen molar-refractivity contribution in [3.8, 4) is 0 Å². The van der Waals surface area contributed by atoms with E-state index in [1.54, 1.807) is 12.4 Å². The van der Waals surface area contributed by atoms with Crippen LogP contribution in [0.25, 0.3) is 0 Å². The molecule has 0 aliphatic carbocycles. The highest BCUT2D eigenvalue weighted by Gasteiger charge is 2.31. The molecule has 0 N–H and O–H groups in total. The lowest BCUT2D eigenvalue weighted by Crippen LogP contribution is -2.35. The Balaban J connectivity index is 2.01. The van der Waals surface area contributed by atoms with E-state index in [-0.39, 0.29) is 11.9 Å². The zero-order valence-corrected chi connectivity index (χ0v) is 12.1. The molecule has 3 nitrogen and oxygen atoms in total. The van der Waals surface area contributed by atoms with Gasteiger partial charge in [-0.3, -0.25) is 9.78 Å². The SMILES string of the molecule is C[C@@H]1Cc2ccccc2N1C(=O)c1cncc(Br)c1. The number of fused-ring (bicyclic) bond motifs is 1. The van der Waals surface area contributed by atoms with E-state index in [0.29, 0.717) is 5.56 Å². The van der Waals surface area contributed by atoms with Gasteiger partial charge in [-0.05, 0) is 47.0 Å². The van der Waals surface area contributed by atoms with Gasteiger partial charge in [0.2, 0.25) is 0 Å². The second-order valence-corrected chi connectivity index (χ2v) is 5.66. The first-order valence-corrected chi connectivity index (χ1v) is 6.98. The zero-order chi connectivity index (χ0) is 13.4. The van der Waals surface area contributed by atoms with Crippen LogP contribution in [-0.2, 0) is 6.42 Å². The van der Waals surface area contributed by atoms with E-state index in [1.807, 2.05) is 29.2 Å². The molecule has 3 rings (SSSR count). The van der Waals surface area contributed by atoms with Gasteiger partial charge in [-0.2, -0.15) is 0 Å². The van der Waals surface area contributed by atoms with Crippen LogP contribution in [0.1, 0.15) is 22.8 Å². The van der Waals surface area contributed by atoms with Gasteiger partial charge in [0, 0.05) is 28.6 Å². The minimum absolute atomic E-state index is 0.00579. The lowest BCUT2D eigenvalue weighted by Gasteiger charge is -2.22. The minimum Gasteiger partial charge on any atom is -0.305 e. The normalized spacial score (nSPS) is 17.4. The molecular weight excluding hydrogens is 304 g/mol. The van der Waals surface area contributed by atoms with E-state index >= 15 is 0 Å². The second kappa shape index (κ2) is 4.78. The maximum absolute atomic E-state index is 12.6. The van der Waals surface area contributed by atoms with E-state index in [1.165, 1.54) is 5.56 Å². The number of nitrogens with zero attached hydrogens (tertiary/aromatic N) is 2. The fourth-order valence-corrected chi connectivity index (χ4v) is 2.91. The van der Waals surface area contributed by atoms with Crippen LogP contribution >= 0.6 is 15.9 Å². The summed E-state index contributed by atoms with van der Waals surface area (Å²) in [6, 6.07) is 10.1. The summed E-state index contributed by atoms with van der Waals surface area (Å²) in [5.74, 6) is 0.00579. The minimum atomic E-state index is 0.00579. The molecule has 1 aliphatic rings. The van der Waals surface area contributed by atoms with Crippen LogP contribution in [0.4, 0.5) is 5.69 Å². The Morgan fingerprint density at radius 3 is 2.95 bits per heavy atom. The number of rotatable bonds is 1. The average Bonchev–Trinajstić information content (AvgIpc) is 2.74. The fraction of sp³-hybridized carbons (Fsp3) is 0.200. The summed E-state index contributed by atoms with van der Waals surface area (Å²) >= 11 is 3.35. The van der Waals surface area contributed by atoms with Crippen molar-refractivity contribution in [2.45, 2.75) is 19.4 Å². The van der Waals surface area contributed by atoms with Crippen LogP contribution < -0.4 is 4.90 Å². The molecule has 1 amide bonds. The first kappa shape index (κ1) is 12.4. The number of carbonyl (C=O) groups is 1. The standard InChI is InChI=1S/C15H13BrN2O/c1-10-6-11-4-2-3-5-14(11)18(10)15(19)12-7-13(16)9-17-8-12/h2-5,7-10H,6H2,1H3/t10-/m1/s1. The summed E-state index contributed by atoms with van der Waals surface area (Å²) in [4.78, 5) is 18.6. The van der Waals surface area contributed by atoms with Gasteiger partial charge in [0.1, 0.15) is 0 Å². The van der Waals surface area contributed by atoms with Crippen LogP contribution in [0.2, 0.25) is 0 Å². The van der Waals surface area contributed by atoms with Gasteiger partial charge in [-0.15, -0.1) is 0 Å². The molecule has 2 heterocycles. The van der Waals surface area contributed by atoms with Crippen molar-refractivity contribution in [3.05, 3.63) is 58.3 Å². The lowest BCUT2D eigenvalue weighted by molar-refractivity contribution is 0.0981. The molecule has 0 bridgehead atoms. The maximum atomic E-state index is 12.6. The van der Waals surface area contributed by atoms with Crippen LogP contribution in [0.15, 0.2) is 47.2 Å². The van der Waals surface area contributed by atoms with E-state index < -0.39 is 0 Å². The molecule has 1 aromatic heterocycles. The molecule has 0 radical (unpaired) electrons. The predicted molar refractivity (Wildman–Crippen MR) is 78.4 cm³/mol. The van der Waals surface area contributed by atoms with Crippen LogP contribution in [0.3, 0.4) is 0 Å². The van der Waals surface area contributed by atoms with E-state index in [0.717, 1.165) is 16.6 Å². The second-order valence-electron chi connectivity index (χ2n) is 4.75. The summed E-state index contributed by atoms with van der Waals surface area (Å²) in [7, 11) is 0. The van der Waals surface area contributed by atoms with Crippen molar-refractivity contribution in [1.29, 1.82) is 0 Å². The first-order valence-electron chi connectivity index (χ1n) is 6.19. The van der Waals surface area contributed by atoms with Gasteiger partial charge in [0.05, 0.1) is 5.56 Å². The number of para-hydroxylation sites is 1. The third-order valence-electron chi connectivity index (χ3n) is 3.38. The monoisotopic (exact) mass is 316 g/mol. The Bertz CT molecular complexity index is 642. The Morgan fingerprint density at radius 1 is 1.37 bits per heavy atom. The molecule has 0 fully saturated rings. The van der Waals surface area contributed by atoms with Crippen molar-refractivity contribution in [2.24, 2.45) is 0 Å². The van der Waals surface area contributed by atoms with Gasteiger partial charge in [0.25, 0.3) is 5.91 Å². The van der Waals surface area contributed by atoms with Crippen LogP contribution in [0, 0.1) is 0 Å². The molecule has 96 valence electrons. The highest BCUT2D eigenvalue weighted by Crippen LogP contribution is 2.33. The topological polar surface area (TPSA) is 33.2 Å². The van der Waals surface area contributed by atoms with Crippen molar-refractivity contribution < 1.29 is 4.79 Å². The Labute approximate surface area is 120 Å². The highest BCUT2D eigenvalue weighted by molar-refractivity contribution is 9.10. The predicted octanol–water partition coefficient (Wildman–Crippen LogP) is 3.44. The number of halogens is 1. The number of amides is 1. The molecule has 1 aliphatic heterocycles. The van der Waals surface area contributed by atoms with Gasteiger partial charge < -0.3 is 4.90 Å². The molecule has 19 heavy (non-hydrogen) atoms. The average molecular weight is 317 g/mol. The smallest absolute Gasteiger partial charge is 0.260 e. The number of carbonyl (C=O) groups excluding carboxylic acids is 1. The lowest BCUT2D eigenvalue weighted by atomic mass is 10.1. The summed E-state index contributed by atoms with van der Waals surface area (Å²) in [5.41, 5.74) is 2.85. The number of hydrogen-bond donors (Lipinski definition) is 0. The fourth-order valence-electron chi connectivity index (χ4n) is 2.54. The number of aromatic nitrogens is 1. The third-order valence-corrected chi connectivity index (χ3v) is 3.81. The summed E-state index contributed by atoms with van der Waals surface area (Å²) in [6.45, 7) is 2.07. The number of anilines is 1. The van der Waals surface area contributed by atoms with Gasteiger partial charge >= 0.3 is 0 Å². The first-order chi connectivity index (χ1) is 9.16. The van der Waals surface area contributed by atoms with Crippen LogP contribution in [0.5, 0.6) is 0 Å². The molecule has 0 saturated carbocycles. The molecule has 4 heteroatoms. The van der Waals surface area contributed by atoms with Crippen molar-refractivity contribution in [3.63, 3.8) is 0 Å². The number of hydrogen-bond acceptors (Lipinski definition) is 2. The van der Waals surface area contributed by atoms with Gasteiger partial charge in [-0.1, -0.05) is 18.2 Å². The molecule has 0 spiro atoms. The third kappa shape index (κ3) is 2.16. The Hall–Kier alpha value is -1.68. The van der Waals surface area contributed by atoms with E-state index in [9.17, 15) is 4.79 Å². The van der Waals surface area contributed by atoms with E-state index in [2.05, 4.69) is 33.9 Å². The number of benzene rings is 1. The summed E-state index contributed by atoms with van der Waals surface area (Å²) in [5, 5.41) is 0. The summed E-state index contributed by atoms with van der Waals surface area (Å²) < 4.78 is 0.818. The van der Waals surface area contributed by atoms with Gasteiger partial charge in [0.15, 0.2) is 0 Å². The zero-order valence-electron chi connectivity index (χ0n) is 10.5. The quantitative estimate of drug-likeness (QED) is 0.807. The number of pyridine rings is 1.